The first-order valence-electron chi connectivity index (χ1n) is 6.20. The highest BCUT2D eigenvalue weighted by molar-refractivity contribution is 5.98. The van der Waals surface area contributed by atoms with Crippen LogP contribution in [0, 0.1) is 12.8 Å². The van der Waals surface area contributed by atoms with Gasteiger partial charge < -0.3 is 16.0 Å². The van der Waals surface area contributed by atoms with Crippen LogP contribution in [-0.4, -0.2) is 37.4 Å². The SMILES string of the molecule is Cc1ccc(C(=O)N(C)C)cc1NC(=O)C(C)CN.Cl. The Labute approximate surface area is 125 Å². The van der Waals surface area contributed by atoms with Gasteiger partial charge in [0.25, 0.3) is 5.91 Å². The summed E-state index contributed by atoms with van der Waals surface area (Å²) < 4.78 is 0. The largest absolute Gasteiger partial charge is 0.345 e. The quantitative estimate of drug-likeness (QED) is 0.887. The van der Waals surface area contributed by atoms with E-state index in [1.54, 1.807) is 33.2 Å². The Morgan fingerprint density at radius 3 is 2.45 bits per heavy atom. The van der Waals surface area contributed by atoms with Crippen LogP contribution in [-0.2, 0) is 4.79 Å². The average Bonchev–Trinajstić information content (AvgIpc) is 2.39. The van der Waals surface area contributed by atoms with E-state index in [2.05, 4.69) is 5.32 Å². The van der Waals surface area contributed by atoms with Crippen LogP contribution in [0.15, 0.2) is 18.2 Å². The third-order valence-electron chi connectivity index (χ3n) is 2.95. The van der Waals surface area contributed by atoms with Crippen molar-refractivity contribution in [3.05, 3.63) is 29.3 Å². The van der Waals surface area contributed by atoms with Crippen LogP contribution in [0.1, 0.15) is 22.8 Å². The number of carbonyl (C=O) groups excluding carboxylic acids is 2. The standard InChI is InChI=1S/C14H21N3O2.ClH/c1-9-5-6-11(14(19)17(3)4)7-12(9)16-13(18)10(2)8-15;/h5-7,10H,8,15H2,1-4H3,(H,16,18);1H. The van der Waals surface area contributed by atoms with E-state index in [1.165, 1.54) is 4.90 Å². The van der Waals surface area contributed by atoms with Crippen LogP contribution >= 0.6 is 12.4 Å². The van der Waals surface area contributed by atoms with Crippen LogP contribution in [0.5, 0.6) is 0 Å². The van der Waals surface area contributed by atoms with Gasteiger partial charge in [-0.05, 0) is 24.6 Å². The first kappa shape index (κ1) is 18.4. The van der Waals surface area contributed by atoms with E-state index < -0.39 is 0 Å². The molecule has 3 N–H and O–H groups in total. The monoisotopic (exact) mass is 299 g/mol. The number of nitrogens with one attached hydrogen (secondary N) is 1. The molecule has 0 aliphatic rings. The van der Waals surface area contributed by atoms with Gasteiger partial charge in [0.2, 0.25) is 5.91 Å². The van der Waals surface area contributed by atoms with Crippen molar-refractivity contribution in [1.82, 2.24) is 4.90 Å². The van der Waals surface area contributed by atoms with E-state index in [-0.39, 0.29) is 30.1 Å². The fraction of sp³-hybridized carbons (Fsp3) is 0.429. The van der Waals surface area contributed by atoms with Crippen molar-refractivity contribution in [2.75, 3.05) is 26.0 Å². The third kappa shape index (κ3) is 4.51. The molecule has 0 saturated heterocycles. The summed E-state index contributed by atoms with van der Waals surface area (Å²) in [6, 6.07) is 5.26. The van der Waals surface area contributed by atoms with Crippen molar-refractivity contribution in [3.8, 4) is 0 Å². The van der Waals surface area contributed by atoms with E-state index >= 15 is 0 Å². The molecule has 1 rings (SSSR count). The van der Waals surface area contributed by atoms with Gasteiger partial charge in [0, 0.05) is 37.8 Å². The number of hydrogen-bond acceptors (Lipinski definition) is 3. The lowest BCUT2D eigenvalue weighted by Gasteiger charge is -2.15. The minimum atomic E-state index is -0.257. The van der Waals surface area contributed by atoms with E-state index in [4.69, 9.17) is 5.73 Å². The molecule has 112 valence electrons. The zero-order valence-corrected chi connectivity index (χ0v) is 13.1. The van der Waals surface area contributed by atoms with Gasteiger partial charge in [-0.25, -0.2) is 0 Å². The Kier molecular flexibility index (Phi) is 7.24. The molecule has 0 heterocycles. The van der Waals surface area contributed by atoms with E-state index in [9.17, 15) is 9.59 Å². The number of anilines is 1. The molecule has 5 nitrogen and oxygen atoms in total. The average molecular weight is 300 g/mol. The minimum absolute atomic E-state index is 0. The van der Waals surface area contributed by atoms with Crippen molar-refractivity contribution < 1.29 is 9.59 Å². The van der Waals surface area contributed by atoms with Crippen molar-refractivity contribution in [2.24, 2.45) is 11.7 Å². The van der Waals surface area contributed by atoms with Gasteiger partial charge in [-0.3, -0.25) is 9.59 Å². The van der Waals surface area contributed by atoms with Crippen molar-refractivity contribution in [1.29, 1.82) is 0 Å². The fourth-order valence-corrected chi connectivity index (χ4v) is 1.51. The predicted octanol–water partition coefficient (Wildman–Crippen LogP) is 1.65. The van der Waals surface area contributed by atoms with E-state index in [0.29, 0.717) is 17.8 Å². The maximum Gasteiger partial charge on any atom is 0.253 e. The van der Waals surface area contributed by atoms with Gasteiger partial charge in [0.15, 0.2) is 0 Å². The maximum absolute atomic E-state index is 11.9. The lowest BCUT2D eigenvalue weighted by molar-refractivity contribution is -0.119. The van der Waals surface area contributed by atoms with Crippen LogP contribution in [0.2, 0.25) is 0 Å². The number of aryl methyl sites for hydroxylation is 1. The summed E-state index contributed by atoms with van der Waals surface area (Å²) in [6.45, 7) is 3.94. The summed E-state index contributed by atoms with van der Waals surface area (Å²) in [7, 11) is 3.38. The Balaban J connectivity index is 0.00000361. The molecular formula is C14H22ClN3O2. The van der Waals surface area contributed by atoms with Gasteiger partial charge in [-0.1, -0.05) is 13.0 Å². The summed E-state index contributed by atoms with van der Waals surface area (Å²) in [5, 5.41) is 2.81. The van der Waals surface area contributed by atoms with E-state index in [0.717, 1.165) is 5.56 Å². The Morgan fingerprint density at radius 2 is 1.95 bits per heavy atom. The summed E-state index contributed by atoms with van der Waals surface area (Å²) in [6.07, 6.45) is 0. The van der Waals surface area contributed by atoms with Gasteiger partial charge in [-0.2, -0.15) is 0 Å². The third-order valence-corrected chi connectivity index (χ3v) is 2.95. The van der Waals surface area contributed by atoms with Crippen molar-refractivity contribution in [3.63, 3.8) is 0 Å². The molecule has 1 unspecified atom stereocenters. The second-order valence-electron chi connectivity index (χ2n) is 4.86. The molecule has 1 aromatic rings. The van der Waals surface area contributed by atoms with E-state index in [1.807, 2.05) is 13.0 Å². The highest BCUT2D eigenvalue weighted by Gasteiger charge is 2.14. The Hall–Kier alpha value is -1.59. The number of nitrogens with two attached hydrogens (primary N) is 1. The van der Waals surface area contributed by atoms with Crippen molar-refractivity contribution >= 4 is 29.9 Å². The van der Waals surface area contributed by atoms with Gasteiger partial charge in [0.05, 0.1) is 0 Å². The first-order valence-corrected chi connectivity index (χ1v) is 6.20. The molecule has 6 heteroatoms. The summed E-state index contributed by atoms with van der Waals surface area (Å²) >= 11 is 0. The normalized spacial score (nSPS) is 11.2. The van der Waals surface area contributed by atoms with Crippen LogP contribution in [0.3, 0.4) is 0 Å². The molecule has 0 radical (unpaired) electrons. The summed E-state index contributed by atoms with van der Waals surface area (Å²) in [5.74, 6) is -0.491. The smallest absolute Gasteiger partial charge is 0.253 e. The molecule has 0 bridgehead atoms. The van der Waals surface area contributed by atoms with Crippen LogP contribution in [0.4, 0.5) is 5.69 Å². The first-order chi connectivity index (χ1) is 8.86. The minimum Gasteiger partial charge on any atom is -0.345 e. The highest BCUT2D eigenvalue weighted by Crippen LogP contribution is 2.18. The molecule has 20 heavy (non-hydrogen) atoms. The van der Waals surface area contributed by atoms with Crippen molar-refractivity contribution in [2.45, 2.75) is 13.8 Å². The number of nitrogens with zero attached hydrogens (tertiary/aromatic N) is 1. The number of halogens is 1. The highest BCUT2D eigenvalue weighted by atomic mass is 35.5. The topological polar surface area (TPSA) is 75.4 Å². The molecule has 0 aliphatic heterocycles. The lowest BCUT2D eigenvalue weighted by atomic mass is 10.1. The Morgan fingerprint density at radius 1 is 1.35 bits per heavy atom. The predicted molar refractivity (Wildman–Crippen MR) is 83.3 cm³/mol. The zero-order valence-electron chi connectivity index (χ0n) is 12.3. The zero-order chi connectivity index (χ0) is 14.6. The molecule has 0 saturated carbocycles. The van der Waals surface area contributed by atoms with Gasteiger partial charge in [0.1, 0.15) is 0 Å². The second-order valence-corrected chi connectivity index (χ2v) is 4.86. The molecule has 0 aliphatic carbocycles. The molecule has 0 spiro atoms. The second kappa shape index (κ2) is 7.87. The van der Waals surface area contributed by atoms with Gasteiger partial charge >= 0.3 is 0 Å². The number of benzene rings is 1. The summed E-state index contributed by atoms with van der Waals surface area (Å²) in [4.78, 5) is 25.2. The van der Waals surface area contributed by atoms with Gasteiger partial charge in [-0.15, -0.1) is 12.4 Å². The molecule has 0 aromatic heterocycles. The van der Waals surface area contributed by atoms with Crippen LogP contribution in [0.25, 0.3) is 0 Å². The number of hydrogen-bond donors (Lipinski definition) is 2. The molecular weight excluding hydrogens is 278 g/mol. The summed E-state index contributed by atoms with van der Waals surface area (Å²) in [5.41, 5.74) is 7.57. The number of amides is 2. The number of rotatable bonds is 4. The maximum atomic E-state index is 11.9. The fourth-order valence-electron chi connectivity index (χ4n) is 1.51. The lowest BCUT2D eigenvalue weighted by Crippen LogP contribution is -2.27. The molecule has 1 atom stereocenters. The molecule has 0 fully saturated rings. The molecule has 1 aromatic carbocycles. The van der Waals surface area contributed by atoms with Crippen LogP contribution < -0.4 is 11.1 Å². The molecule has 2 amide bonds. The Bertz CT molecular complexity index is 489. The number of carbonyl (C=O) groups is 2.